The topological polar surface area (TPSA) is 81.2 Å². The number of rotatable bonds is 6. The molecular weight excluding hydrogens is 380 g/mol. The Balaban J connectivity index is 1.65. The summed E-state index contributed by atoms with van der Waals surface area (Å²) >= 11 is 0. The van der Waals surface area contributed by atoms with Gasteiger partial charge in [-0.1, -0.05) is 18.2 Å². The molecule has 154 valence electrons. The van der Waals surface area contributed by atoms with Crippen LogP contribution in [0.3, 0.4) is 0 Å². The van der Waals surface area contributed by atoms with E-state index in [9.17, 15) is 4.79 Å². The van der Waals surface area contributed by atoms with E-state index in [1.54, 1.807) is 32.4 Å². The number of methoxy groups -OCH3 is 2. The van der Waals surface area contributed by atoms with Crippen LogP contribution in [0.5, 0.6) is 11.5 Å². The van der Waals surface area contributed by atoms with Gasteiger partial charge < -0.3 is 19.4 Å². The van der Waals surface area contributed by atoms with Gasteiger partial charge in [-0.25, -0.2) is 0 Å². The molecule has 0 aliphatic carbocycles. The first kappa shape index (κ1) is 19.6. The second kappa shape index (κ2) is 7.94. The number of carbonyl (C=O) groups excluding carboxylic acids is 1. The molecule has 0 aliphatic rings. The quantitative estimate of drug-likeness (QED) is 0.491. The van der Waals surface area contributed by atoms with Crippen LogP contribution in [0.25, 0.3) is 22.3 Å². The molecule has 2 aromatic carbocycles. The molecule has 7 nitrogen and oxygen atoms in total. The number of anilines is 1. The zero-order valence-electron chi connectivity index (χ0n) is 17.4. The molecule has 0 fully saturated rings. The number of benzene rings is 2. The van der Waals surface area contributed by atoms with Gasteiger partial charge in [-0.2, -0.15) is 5.10 Å². The van der Waals surface area contributed by atoms with Gasteiger partial charge in [0.25, 0.3) is 5.91 Å². The number of hydrogen-bond acceptors (Lipinski definition) is 4. The molecular formula is C23H24N4O3. The van der Waals surface area contributed by atoms with Crippen molar-refractivity contribution in [3.63, 3.8) is 0 Å². The van der Waals surface area contributed by atoms with Crippen molar-refractivity contribution in [2.75, 3.05) is 19.5 Å². The SMILES string of the molecule is CCn1c(-c2cc(NC(=O)c3cc(OC)cc(OC)c3)n[nH]2)c(C)c2ccccc21. The van der Waals surface area contributed by atoms with Crippen LogP contribution in [-0.2, 0) is 6.54 Å². The average molecular weight is 404 g/mol. The van der Waals surface area contributed by atoms with Gasteiger partial charge in [-0.15, -0.1) is 0 Å². The third-order valence-corrected chi connectivity index (χ3v) is 5.23. The third kappa shape index (κ3) is 3.39. The van der Waals surface area contributed by atoms with E-state index in [0.717, 1.165) is 17.9 Å². The fraction of sp³-hybridized carbons (Fsp3) is 0.217. The van der Waals surface area contributed by atoms with Crippen molar-refractivity contribution in [1.29, 1.82) is 0 Å². The Kier molecular flexibility index (Phi) is 5.18. The normalized spacial score (nSPS) is 10.9. The maximum atomic E-state index is 12.7. The van der Waals surface area contributed by atoms with Gasteiger partial charge in [-0.3, -0.25) is 9.89 Å². The minimum atomic E-state index is -0.294. The number of aromatic amines is 1. The van der Waals surface area contributed by atoms with E-state index in [1.165, 1.54) is 16.5 Å². The molecule has 2 heterocycles. The van der Waals surface area contributed by atoms with Crippen molar-refractivity contribution in [3.05, 3.63) is 59.7 Å². The maximum absolute atomic E-state index is 12.7. The van der Waals surface area contributed by atoms with Crippen LogP contribution in [0, 0.1) is 6.92 Å². The van der Waals surface area contributed by atoms with Crippen molar-refractivity contribution in [2.24, 2.45) is 0 Å². The van der Waals surface area contributed by atoms with Crippen molar-refractivity contribution >= 4 is 22.6 Å². The highest BCUT2D eigenvalue weighted by Crippen LogP contribution is 2.33. The average Bonchev–Trinajstić information content (AvgIpc) is 3.35. The Hall–Kier alpha value is -3.74. The molecule has 0 atom stereocenters. The molecule has 0 bridgehead atoms. The van der Waals surface area contributed by atoms with Crippen LogP contribution in [0.1, 0.15) is 22.8 Å². The summed E-state index contributed by atoms with van der Waals surface area (Å²) in [4.78, 5) is 12.7. The van der Waals surface area contributed by atoms with Crippen molar-refractivity contribution < 1.29 is 14.3 Å². The molecule has 4 rings (SSSR count). The van der Waals surface area contributed by atoms with Crippen molar-refractivity contribution in [1.82, 2.24) is 14.8 Å². The number of fused-ring (bicyclic) bond motifs is 1. The van der Waals surface area contributed by atoms with Crippen LogP contribution in [0.15, 0.2) is 48.5 Å². The second-order valence-electron chi connectivity index (χ2n) is 6.96. The predicted molar refractivity (Wildman–Crippen MR) is 117 cm³/mol. The van der Waals surface area contributed by atoms with Gasteiger partial charge in [0.1, 0.15) is 11.5 Å². The van der Waals surface area contributed by atoms with Gasteiger partial charge in [0.05, 0.1) is 25.6 Å². The van der Waals surface area contributed by atoms with E-state index in [1.807, 2.05) is 18.2 Å². The monoisotopic (exact) mass is 404 g/mol. The number of para-hydroxylation sites is 1. The number of H-pyrrole nitrogens is 1. The Bertz CT molecular complexity index is 1200. The number of hydrogen-bond donors (Lipinski definition) is 2. The summed E-state index contributed by atoms with van der Waals surface area (Å²) < 4.78 is 12.7. The van der Waals surface area contributed by atoms with Crippen LogP contribution >= 0.6 is 0 Å². The molecule has 2 aromatic heterocycles. The number of aryl methyl sites for hydroxylation is 2. The van der Waals surface area contributed by atoms with Crippen LogP contribution < -0.4 is 14.8 Å². The fourth-order valence-electron chi connectivity index (χ4n) is 3.79. The summed E-state index contributed by atoms with van der Waals surface area (Å²) in [6.45, 7) is 5.05. The van der Waals surface area contributed by atoms with Gasteiger partial charge >= 0.3 is 0 Å². The minimum absolute atomic E-state index is 0.294. The van der Waals surface area contributed by atoms with E-state index >= 15 is 0 Å². The highest BCUT2D eigenvalue weighted by molar-refractivity contribution is 6.04. The molecule has 0 unspecified atom stereocenters. The summed E-state index contributed by atoms with van der Waals surface area (Å²) in [7, 11) is 3.09. The fourth-order valence-corrected chi connectivity index (χ4v) is 3.79. The lowest BCUT2D eigenvalue weighted by Gasteiger charge is -2.08. The molecule has 0 saturated carbocycles. The number of nitrogens with one attached hydrogen (secondary N) is 2. The molecule has 0 spiro atoms. The Labute approximate surface area is 174 Å². The highest BCUT2D eigenvalue weighted by Gasteiger charge is 2.18. The molecule has 7 heteroatoms. The zero-order valence-corrected chi connectivity index (χ0v) is 17.4. The Morgan fingerprint density at radius 2 is 1.80 bits per heavy atom. The molecule has 0 aliphatic heterocycles. The molecule has 0 saturated heterocycles. The standard InChI is InChI=1S/C23H24N4O3/c1-5-27-20-9-7-6-8-18(20)14(2)22(27)19-13-21(26-25-19)24-23(28)15-10-16(29-3)12-17(11-15)30-4/h6-13H,5H2,1-4H3,(H2,24,25,26,28). The number of ether oxygens (including phenoxy) is 2. The van der Waals surface area contributed by atoms with Crippen molar-refractivity contribution in [3.8, 4) is 22.9 Å². The van der Waals surface area contributed by atoms with E-state index in [0.29, 0.717) is 22.9 Å². The third-order valence-electron chi connectivity index (χ3n) is 5.23. The number of amides is 1. The van der Waals surface area contributed by atoms with Crippen LogP contribution in [0.2, 0.25) is 0 Å². The number of carbonyl (C=O) groups is 1. The summed E-state index contributed by atoms with van der Waals surface area (Å²) in [6, 6.07) is 15.2. The number of aromatic nitrogens is 3. The zero-order chi connectivity index (χ0) is 21.3. The predicted octanol–water partition coefficient (Wildman–Crippen LogP) is 4.63. The van der Waals surface area contributed by atoms with Gasteiger partial charge in [0.15, 0.2) is 5.82 Å². The lowest BCUT2D eigenvalue weighted by Crippen LogP contribution is -2.12. The summed E-state index contributed by atoms with van der Waals surface area (Å²) in [5, 5.41) is 11.4. The highest BCUT2D eigenvalue weighted by atomic mass is 16.5. The minimum Gasteiger partial charge on any atom is -0.497 e. The van der Waals surface area contributed by atoms with E-state index in [2.05, 4.69) is 46.1 Å². The van der Waals surface area contributed by atoms with Gasteiger partial charge in [-0.05, 0) is 37.6 Å². The molecule has 2 N–H and O–H groups in total. The maximum Gasteiger partial charge on any atom is 0.257 e. The first-order valence-electron chi connectivity index (χ1n) is 9.73. The Morgan fingerprint density at radius 1 is 1.10 bits per heavy atom. The summed E-state index contributed by atoms with van der Waals surface area (Å²) in [6.07, 6.45) is 0. The van der Waals surface area contributed by atoms with E-state index in [-0.39, 0.29) is 5.91 Å². The molecule has 1 amide bonds. The largest absolute Gasteiger partial charge is 0.497 e. The molecule has 4 aromatic rings. The van der Waals surface area contributed by atoms with E-state index in [4.69, 9.17) is 9.47 Å². The molecule has 30 heavy (non-hydrogen) atoms. The van der Waals surface area contributed by atoms with Crippen LogP contribution in [0.4, 0.5) is 5.82 Å². The second-order valence-corrected chi connectivity index (χ2v) is 6.96. The van der Waals surface area contributed by atoms with Gasteiger partial charge in [0.2, 0.25) is 0 Å². The summed E-state index contributed by atoms with van der Waals surface area (Å²) in [5.41, 5.74) is 4.69. The number of nitrogens with zero attached hydrogens (tertiary/aromatic N) is 2. The molecule has 0 radical (unpaired) electrons. The lowest BCUT2D eigenvalue weighted by atomic mass is 10.1. The Morgan fingerprint density at radius 3 is 2.47 bits per heavy atom. The summed E-state index contributed by atoms with van der Waals surface area (Å²) in [5.74, 6) is 1.25. The van der Waals surface area contributed by atoms with Crippen molar-refractivity contribution in [2.45, 2.75) is 20.4 Å². The van der Waals surface area contributed by atoms with Gasteiger partial charge in [0, 0.05) is 35.1 Å². The smallest absolute Gasteiger partial charge is 0.257 e. The van der Waals surface area contributed by atoms with E-state index < -0.39 is 0 Å². The first-order chi connectivity index (χ1) is 14.5. The van der Waals surface area contributed by atoms with Crippen LogP contribution in [-0.4, -0.2) is 34.9 Å². The first-order valence-corrected chi connectivity index (χ1v) is 9.73. The lowest BCUT2D eigenvalue weighted by molar-refractivity contribution is 0.102.